The zero-order valence-corrected chi connectivity index (χ0v) is 18.6. The van der Waals surface area contributed by atoms with Gasteiger partial charge in [-0.3, -0.25) is 14.9 Å². The molecule has 0 radical (unpaired) electrons. The number of aliphatic carboxylic acids is 1. The Morgan fingerprint density at radius 2 is 1.80 bits per heavy atom. The maximum Gasteiger partial charge on any atom is 0.321 e. The van der Waals surface area contributed by atoms with Crippen LogP contribution in [0, 0.1) is 5.92 Å². The van der Waals surface area contributed by atoms with E-state index in [1.165, 1.54) is 25.3 Å². The number of nitrogens with zero attached hydrogens (tertiary/aromatic N) is 2. The Hall–Kier alpha value is -2.47. The first-order valence-electron chi connectivity index (χ1n) is 10.9. The van der Waals surface area contributed by atoms with Gasteiger partial charge < -0.3 is 9.67 Å². The second kappa shape index (κ2) is 11.6. The summed E-state index contributed by atoms with van der Waals surface area (Å²) in [6.45, 7) is 8.38. The van der Waals surface area contributed by atoms with E-state index >= 15 is 0 Å². The molecule has 0 aliphatic carbocycles. The van der Waals surface area contributed by atoms with Gasteiger partial charge in [-0.05, 0) is 43.2 Å². The molecule has 0 saturated carbocycles. The molecule has 0 saturated heterocycles. The van der Waals surface area contributed by atoms with Gasteiger partial charge in [-0.2, -0.15) is 0 Å². The predicted octanol–water partition coefficient (Wildman–Crippen LogP) is 3.86. The van der Waals surface area contributed by atoms with Crippen LogP contribution >= 0.6 is 0 Å². The van der Waals surface area contributed by atoms with Crippen LogP contribution in [0.15, 0.2) is 36.8 Å². The van der Waals surface area contributed by atoms with Crippen molar-refractivity contribution >= 4 is 11.8 Å². The summed E-state index contributed by atoms with van der Waals surface area (Å²) in [7, 11) is 0. The number of rotatable bonds is 13. The summed E-state index contributed by atoms with van der Waals surface area (Å²) in [4.78, 5) is 28.1. The van der Waals surface area contributed by atoms with Crippen molar-refractivity contribution in [2.45, 2.75) is 78.4 Å². The van der Waals surface area contributed by atoms with E-state index in [4.69, 9.17) is 0 Å². The molecule has 6 heteroatoms. The second-order valence-electron chi connectivity index (χ2n) is 8.49. The number of benzene rings is 1. The van der Waals surface area contributed by atoms with E-state index < -0.39 is 18.1 Å². The Labute approximate surface area is 179 Å². The lowest BCUT2D eigenvalue weighted by Crippen LogP contribution is -2.48. The maximum absolute atomic E-state index is 12.0. The standard InChI is InChI=1S/C24H35N3O3/c1-5-6-7-19-8-10-20(11-9-19)15-27-16-25-14-21(27)13-23(24(29)30)26-22(18(4)28)12-17(2)3/h8-11,14,16-17,22-23,26H,5-7,12-13,15H2,1-4H3,(H,29,30)/t22?,23-/m0/s1. The van der Waals surface area contributed by atoms with Gasteiger partial charge in [0.05, 0.1) is 12.4 Å². The summed E-state index contributed by atoms with van der Waals surface area (Å²) in [6.07, 6.45) is 7.78. The largest absolute Gasteiger partial charge is 0.480 e. The van der Waals surface area contributed by atoms with Crippen molar-refractivity contribution in [3.63, 3.8) is 0 Å². The monoisotopic (exact) mass is 413 g/mol. The smallest absolute Gasteiger partial charge is 0.321 e. The van der Waals surface area contributed by atoms with Gasteiger partial charge in [0.1, 0.15) is 11.8 Å². The lowest BCUT2D eigenvalue weighted by molar-refractivity contribution is -0.139. The van der Waals surface area contributed by atoms with Gasteiger partial charge >= 0.3 is 5.97 Å². The van der Waals surface area contributed by atoms with Crippen molar-refractivity contribution in [3.8, 4) is 0 Å². The number of carbonyl (C=O) groups excluding carboxylic acids is 1. The molecule has 0 spiro atoms. The molecule has 0 amide bonds. The fourth-order valence-corrected chi connectivity index (χ4v) is 3.54. The quantitative estimate of drug-likeness (QED) is 0.521. The minimum atomic E-state index is -0.960. The summed E-state index contributed by atoms with van der Waals surface area (Å²) in [6, 6.07) is 7.26. The molecule has 164 valence electrons. The normalized spacial score (nSPS) is 13.4. The predicted molar refractivity (Wildman–Crippen MR) is 119 cm³/mol. The number of aryl methyl sites for hydroxylation is 1. The molecule has 1 aromatic carbocycles. The van der Waals surface area contributed by atoms with E-state index in [2.05, 4.69) is 41.5 Å². The van der Waals surface area contributed by atoms with Crippen LogP contribution in [0.2, 0.25) is 0 Å². The Morgan fingerprint density at radius 3 is 2.37 bits per heavy atom. The third kappa shape index (κ3) is 7.41. The van der Waals surface area contributed by atoms with Crippen molar-refractivity contribution in [3.05, 3.63) is 53.6 Å². The van der Waals surface area contributed by atoms with Crippen LogP contribution in [0.5, 0.6) is 0 Å². The number of unbranched alkanes of at least 4 members (excludes halogenated alkanes) is 1. The van der Waals surface area contributed by atoms with E-state index in [1.807, 2.05) is 18.4 Å². The average molecular weight is 414 g/mol. The number of Topliss-reactive ketones (excluding diaryl/α,β-unsaturated/α-hetero) is 1. The van der Waals surface area contributed by atoms with Crippen LogP contribution in [0.25, 0.3) is 0 Å². The number of aromatic nitrogens is 2. The van der Waals surface area contributed by atoms with E-state index in [0.29, 0.717) is 18.9 Å². The molecule has 1 unspecified atom stereocenters. The number of nitrogens with one attached hydrogen (secondary N) is 1. The molecule has 2 N–H and O–H groups in total. The lowest BCUT2D eigenvalue weighted by atomic mass is 9.99. The summed E-state index contributed by atoms with van der Waals surface area (Å²) >= 11 is 0. The third-order valence-electron chi connectivity index (χ3n) is 5.30. The van der Waals surface area contributed by atoms with Crippen molar-refractivity contribution in [1.82, 2.24) is 14.9 Å². The van der Waals surface area contributed by atoms with E-state index in [1.54, 1.807) is 12.5 Å². The van der Waals surface area contributed by atoms with Gasteiger partial charge in [0, 0.05) is 24.9 Å². The van der Waals surface area contributed by atoms with Gasteiger partial charge in [0.15, 0.2) is 0 Å². The minimum Gasteiger partial charge on any atom is -0.480 e. The Morgan fingerprint density at radius 1 is 1.13 bits per heavy atom. The number of imidazole rings is 1. The van der Waals surface area contributed by atoms with Crippen LogP contribution in [0.1, 0.15) is 63.8 Å². The van der Waals surface area contributed by atoms with E-state index in [9.17, 15) is 14.7 Å². The minimum absolute atomic E-state index is 0.0355. The molecular formula is C24H35N3O3. The summed E-state index contributed by atoms with van der Waals surface area (Å²) in [5.74, 6) is -0.698. The molecule has 0 aliphatic rings. The number of ketones is 1. The highest BCUT2D eigenvalue weighted by Gasteiger charge is 2.26. The van der Waals surface area contributed by atoms with Crippen LogP contribution < -0.4 is 5.32 Å². The van der Waals surface area contributed by atoms with Gasteiger partial charge in [-0.1, -0.05) is 51.5 Å². The second-order valence-corrected chi connectivity index (χ2v) is 8.49. The van der Waals surface area contributed by atoms with E-state index in [-0.39, 0.29) is 12.2 Å². The fraction of sp³-hybridized carbons (Fsp3) is 0.542. The molecule has 0 fully saturated rings. The molecule has 0 aliphatic heterocycles. The zero-order valence-electron chi connectivity index (χ0n) is 18.6. The molecule has 2 aromatic rings. The molecule has 2 rings (SSSR count). The Bertz CT molecular complexity index is 811. The Kier molecular flexibility index (Phi) is 9.24. The zero-order chi connectivity index (χ0) is 22.1. The number of hydrogen-bond donors (Lipinski definition) is 2. The number of carboxylic acids is 1. The van der Waals surface area contributed by atoms with Crippen molar-refractivity contribution in [2.24, 2.45) is 5.92 Å². The van der Waals surface area contributed by atoms with Gasteiger partial charge in [0.2, 0.25) is 0 Å². The topological polar surface area (TPSA) is 84.2 Å². The van der Waals surface area contributed by atoms with Crippen LogP contribution in [-0.4, -0.2) is 38.5 Å². The lowest BCUT2D eigenvalue weighted by Gasteiger charge is -2.23. The summed E-state index contributed by atoms with van der Waals surface area (Å²) < 4.78 is 1.98. The molecule has 6 nitrogen and oxygen atoms in total. The first-order chi connectivity index (χ1) is 14.3. The molecule has 0 bridgehead atoms. The number of hydrogen-bond acceptors (Lipinski definition) is 4. The van der Waals surface area contributed by atoms with Crippen LogP contribution in [0.4, 0.5) is 0 Å². The van der Waals surface area contributed by atoms with E-state index in [0.717, 1.165) is 17.7 Å². The first-order valence-corrected chi connectivity index (χ1v) is 10.9. The molecule has 2 atom stereocenters. The highest BCUT2D eigenvalue weighted by molar-refractivity contribution is 5.83. The maximum atomic E-state index is 12.0. The van der Waals surface area contributed by atoms with Gasteiger partial charge in [0.25, 0.3) is 0 Å². The molecular weight excluding hydrogens is 378 g/mol. The highest BCUT2D eigenvalue weighted by atomic mass is 16.4. The highest BCUT2D eigenvalue weighted by Crippen LogP contribution is 2.13. The summed E-state index contributed by atoms with van der Waals surface area (Å²) in [5.41, 5.74) is 3.31. The molecule has 1 heterocycles. The number of carboxylic acid groups (broad SMARTS) is 1. The summed E-state index contributed by atoms with van der Waals surface area (Å²) in [5, 5.41) is 12.8. The number of carbonyl (C=O) groups is 2. The van der Waals surface area contributed by atoms with Gasteiger partial charge in [-0.15, -0.1) is 0 Å². The van der Waals surface area contributed by atoms with Gasteiger partial charge in [-0.25, -0.2) is 4.98 Å². The van der Waals surface area contributed by atoms with Crippen molar-refractivity contribution in [1.29, 1.82) is 0 Å². The SMILES string of the molecule is CCCCc1ccc(Cn2cncc2C[C@H](NC(CC(C)C)C(C)=O)C(=O)O)cc1. The molecule has 30 heavy (non-hydrogen) atoms. The van der Waals surface area contributed by atoms with Crippen LogP contribution in [0.3, 0.4) is 0 Å². The molecule has 1 aromatic heterocycles. The van der Waals surface area contributed by atoms with Crippen LogP contribution in [-0.2, 0) is 29.0 Å². The van der Waals surface area contributed by atoms with Crippen molar-refractivity contribution in [2.75, 3.05) is 0 Å². The third-order valence-corrected chi connectivity index (χ3v) is 5.30. The Balaban J connectivity index is 2.08. The van der Waals surface area contributed by atoms with Crippen molar-refractivity contribution < 1.29 is 14.7 Å². The average Bonchev–Trinajstić information content (AvgIpc) is 3.12. The fourth-order valence-electron chi connectivity index (χ4n) is 3.54. The first kappa shape index (κ1) is 23.8.